The summed E-state index contributed by atoms with van der Waals surface area (Å²) >= 11 is 15.2. The van der Waals surface area contributed by atoms with Gasteiger partial charge in [0.25, 0.3) is 5.91 Å². The molecule has 3 rings (SSSR count). The monoisotopic (exact) mass is 442 g/mol. The first-order valence-corrected chi connectivity index (χ1v) is 9.88. The van der Waals surface area contributed by atoms with Gasteiger partial charge in [0, 0.05) is 23.1 Å². The summed E-state index contributed by atoms with van der Waals surface area (Å²) in [5.41, 5.74) is 1.29. The van der Waals surface area contributed by atoms with Crippen LogP contribution in [0.5, 0.6) is 5.75 Å². The van der Waals surface area contributed by atoms with E-state index in [-0.39, 0.29) is 11.9 Å². The fourth-order valence-electron chi connectivity index (χ4n) is 3.49. The number of thiocarbonyl (C=S) groups is 1. The van der Waals surface area contributed by atoms with Crippen LogP contribution in [-0.4, -0.2) is 41.0 Å². The van der Waals surface area contributed by atoms with Gasteiger partial charge in [0.2, 0.25) is 0 Å². The molecule has 1 aliphatic carbocycles. The fraction of sp³-hybridized carbons (Fsp3) is 0.444. The van der Waals surface area contributed by atoms with Gasteiger partial charge >= 0.3 is 0 Å². The fourth-order valence-corrected chi connectivity index (χ4v) is 4.73. The lowest BCUT2D eigenvalue weighted by atomic mass is 9.94. The van der Waals surface area contributed by atoms with Crippen LogP contribution in [0, 0.1) is 0 Å². The number of hydrogen-bond donors (Lipinski definition) is 0. The van der Waals surface area contributed by atoms with E-state index >= 15 is 0 Å². The minimum Gasteiger partial charge on any atom is -0.495 e. The lowest BCUT2D eigenvalue weighted by Gasteiger charge is -2.30. The zero-order valence-corrected chi connectivity index (χ0v) is 17.4. The SMILES string of the molecule is COc1c(Cl)cc(Br)cc1/C=C1/C(=O)N(C2CCCCC2)C(=S)N1C. The largest absolute Gasteiger partial charge is 0.495 e. The number of methoxy groups -OCH3 is 1. The zero-order chi connectivity index (χ0) is 18.1. The first kappa shape index (κ1) is 18.7. The molecule has 1 saturated carbocycles. The van der Waals surface area contributed by atoms with Crippen LogP contribution in [0.25, 0.3) is 6.08 Å². The highest BCUT2D eigenvalue weighted by molar-refractivity contribution is 9.10. The van der Waals surface area contributed by atoms with Gasteiger partial charge in [-0.25, -0.2) is 0 Å². The van der Waals surface area contributed by atoms with Gasteiger partial charge in [-0.05, 0) is 43.3 Å². The number of nitrogens with zero attached hydrogens (tertiary/aromatic N) is 2. The van der Waals surface area contributed by atoms with E-state index in [1.165, 1.54) is 6.42 Å². The summed E-state index contributed by atoms with van der Waals surface area (Å²) in [6.45, 7) is 0. The molecular weight excluding hydrogens is 424 g/mol. The van der Waals surface area contributed by atoms with Gasteiger partial charge < -0.3 is 9.64 Å². The Balaban J connectivity index is 1.98. The average Bonchev–Trinajstić information content (AvgIpc) is 2.79. The molecule has 1 amide bonds. The molecule has 0 bridgehead atoms. The highest BCUT2D eigenvalue weighted by Crippen LogP contribution is 2.36. The van der Waals surface area contributed by atoms with Crippen molar-refractivity contribution in [1.82, 2.24) is 9.80 Å². The molecule has 25 heavy (non-hydrogen) atoms. The molecule has 7 heteroatoms. The molecule has 1 aliphatic heterocycles. The van der Waals surface area contributed by atoms with Crippen molar-refractivity contribution < 1.29 is 9.53 Å². The Morgan fingerprint density at radius 1 is 1.32 bits per heavy atom. The topological polar surface area (TPSA) is 32.8 Å². The number of amides is 1. The maximum absolute atomic E-state index is 13.0. The molecule has 1 heterocycles. The Morgan fingerprint density at radius 2 is 2.00 bits per heavy atom. The van der Waals surface area contributed by atoms with Gasteiger partial charge in [0.1, 0.15) is 11.4 Å². The standard InChI is InChI=1S/C18H20BrClN2O2S/c1-21-15(9-11-8-12(19)10-14(20)16(11)24-2)17(23)22(18(21)25)13-6-4-3-5-7-13/h8-10,13H,3-7H2,1-2H3/b15-9-. The summed E-state index contributed by atoms with van der Waals surface area (Å²) in [5.74, 6) is 0.498. The number of carbonyl (C=O) groups is 1. The molecule has 0 unspecified atom stereocenters. The van der Waals surface area contributed by atoms with Gasteiger partial charge in [0.05, 0.1) is 12.1 Å². The van der Waals surface area contributed by atoms with E-state index in [4.69, 9.17) is 28.6 Å². The molecule has 0 spiro atoms. The number of benzene rings is 1. The summed E-state index contributed by atoms with van der Waals surface area (Å²) in [7, 11) is 3.40. The molecule has 0 N–H and O–H groups in total. The Bertz CT molecular complexity index is 747. The van der Waals surface area contributed by atoms with Crippen molar-refractivity contribution in [1.29, 1.82) is 0 Å². The Hall–Kier alpha value is -1.11. The van der Waals surface area contributed by atoms with Crippen LogP contribution in [0.1, 0.15) is 37.7 Å². The van der Waals surface area contributed by atoms with E-state index in [2.05, 4.69) is 15.9 Å². The van der Waals surface area contributed by atoms with E-state index in [1.807, 2.05) is 13.1 Å². The van der Waals surface area contributed by atoms with Gasteiger partial charge in [-0.2, -0.15) is 0 Å². The van der Waals surface area contributed by atoms with Gasteiger partial charge in [-0.1, -0.05) is 46.8 Å². The third kappa shape index (κ3) is 3.57. The lowest BCUT2D eigenvalue weighted by molar-refractivity contribution is -0.124. The molecule has 0 aromatic heterocycles. The van der Waals surface area contributed by atoms with Crippen LogP contribution in [-0.2, 0) is 4.79 Å². The van der Waals surface area contributed by atoms with Crippen LogP contribution in [0.3, 0.4) is 0 Å². The van der Waals surface area contributed by atoms with E-state index in [0.717, 1.165) is 35.7 Å². The van der Waals surface area contributed by atoms with E-state index in [9.17, 15) is 4.79 Å². The molecule has 134 valence electrons. The number of rotatable bonds is 3. The van der Waals surface area contributed by atoms with Crippen molar-refractivity contribution in [3.8, 4) is 5.75 Å². The number of halogens is 2. The molecule has 1 aromatic carbocycles. The van der Waals surface area contributed by atoms with E-state index in [0.29, 0.717) is 21.6 Å². The molecule has 2 fully saturated rings. The molecule has 1 saturated heterocycles. The first-order chi connectivity index (χ1) is 11.9. The van der Waals surface area contributed by atoms with Gasteiger partial charge in [-0.15, -0.1) is 0 Å². The molecule has 0 atom stereocenters. The molecule has 0 radical (unpaired) electrons. The summed E-state index contributed by atoms with van der Waals surface area (Å²) in [6.07, 6.45) is 7.35. The second kappa shape index (κ2) is 7.64. The first-order valence-electron chi connectivity index (χ1n) is 8.30. The van der Waals surface area contributed by atoms with Crippen molar-refractivity contribution in [2.45, 2.75) is 38.1 Å². The smallest absolute Gasteiger partial charge is 0.277 e. The summed E-state index contributed by atoms with van der Waals surface area (Å²) in [5, 5.41) is 1.06. The summed E-state index contributed by atoms with van der Waals surface area (Å²) < 4.78 is 6.23. The minimum atomic E-state index is -0.0439. The van der Waals surface area contributed by atoms with Crippen LogP contribution < -0.4 is 4.74 Å². The van der Waals surface area contributed by atoms with Crippen molar-refractivity contribution >= 4 is 56.8 Å². The number of carbonyl (C=O) groups excluding carboxylic acids is 1. The van der Waals surface area contributed by atoms with Crippen molar-refractivity contribution in [3.05, 3.63) is 32.9 Å². The second-order valence-corrected chi connectivity index (χ2v) is 8.04. The molecule has 1 aromatic rings. The number of hydrogen-bond acceptors (Lipinski definition) is 3. The highest BCUT2D eigenvalue weighted by atomic mass is 79.9. The van der Waals surface area contributed by atoms with Crippen LogP contribution in [0.15, 0.2) is 22.3 Å². The van der Waals surface area contributed by atoms with Crippen molar-refractivity contribution in [3.63, 3.8) is 0 Å². The molecular formula is C18H20BrClN2O2S. The third-order valence-corrected chi connectivity index (χ3v) is 5.97. The molecule has 4 nitrogen and oxygen atoms in total. The summed E-state index contributed by atoms with van der Waals surface area (Å²) in [6, 6.07) is 3.85. The Morgan fingerprint density at radius 3 is 2.64 bits per heavy atom. The Labute approximate surface area is 166 Å². The average molecular weight is 444 g/mol. The van der Waals surface area contributed by atoms with E-state index in [1.54, 1.807) is 29.1 Å². The summed E-state index contributed by atoms with van der Waals surface area (Å²) in [4.78, 5) is 16.6. The molecule has 2 aliphatic rings. The second-order valence-electron chi connectivity index (χ2n) is 6.35. The number of likely N-dealkylation sites (N-methyl/N-ethyl adjacent to an activating group) is 1. The number of ether oxygens (including phenoxy) is 1. The normalized spacial score (nSPS) is 20.7. The highest BCUT2D eigenvalue weighted by Gasteiger charge is 2.40. The van der Waals surface area contributed by atoms with Crippen molar-refractivity contribution in [2.24, 2.45) is 0 Å². The zero-order valence-electron chi connectivity index (χ0n) is 14.2. The predicted octanol–water partition coefficient (Wildman–Crippen LogP) is 4.84. The van der Waals surface area contributed by atoms with E-state index < -0.39 is 0 Å². The maximum Gasteiger partial charge on any atom is 0.277 e. The van der Waals surface area contributed by atoms with Crippen LogP contribution >= 0.6 is 39.7 Å². The third-order valence-electron chi connectivity index (χ3n) is 4.77. The lowest BCUT2D eigenvalue weighted by Crippen LogP contribution is -2.41. The van der Waals surface area contributed by atoms with Gasteiger partial charge in [-0.3, -0.25) is 9.69 Å². The predicted molar refractivity (Wildman–Crippen MR) is 108 cm³/mol. The minimum absolute atomic E-state index is 0.0439. The van der Waals surface area contributed by atoms with Gasteiger partial charge in [0.15, 0.2) is 5.11 Å². The van der Waals surface area contributed by atoms with Crippen LogP contribution in [0.4, 0.5) is 0 Å². The maximum atomic E-state index is 13.0. The van der Waals surface area contributed by atoms with Crippen molar-refractivity contribution in [2.75, 3.05) is 14.2 Å². The Kier molecular flexibility index (Phi) is 5.71. The quantitative estimate of drug-likeness (QED) is 0.494. The van der Waals surface area contributed by atoms with Crippen LogP contribution in [0.2, 0.25) is 5.02 Å².